The van der Waals surface area contributed by atoms with Crippen LogP contribution in [0.5, 0.6) is 0 Å². The summed E-state index contributed by atoms with van der Waals surface area (Å²) in [6, 6.07) is 5.44. The van der Waals surface area contributed by atoms with Gasteiger partial charge in [0.15, 0.2) is 11.6 Å². The molecule has 80 valence electrons. The molecule has 1 aliphatic rings. The highest BCUT2D eigenvalue weighted by atomic mass is 16.2. The van der Waals surface area contributed by atoms with Crippen LogP contribution in [0.15, 0.2) is 30.6 Å². The van der Waals surface area contributed by atoms with Crippen molar-refractivity contribution in [3.05, 3.63) is 30.6 Å². The van der Waals surface area contributed by atoms with Gasteiger partial charge in [-0.25, -0.2) is 9.67 Å². The smallest absolute Gasteiger partial charge is 0.243 e. The minimum absolute atomic E-state index is 0.0545. The van der Waals surface area contributed by atoms with E-state index in [1.54, 1.807) is 16.9 Å². The molecule has 0 aliphatic carbocycles. The number of rotatable bonds is 1. The minimum Gasteiger partial charge on any atom is -0.359 e. The first-order valence-electron chi connectivity index (χ1n) is 4.88. The summed E-state index contributed by atoms with van der Waals surface area (Å²) < 4.78 is 1.67. The third-order valence-corrected chi connectivity index (χ3v) is 2.31. The topological polar surface area (TPSA) is 71.8 Å². The molecule has 3 heterocycles. The Kier molecular flexibility index (Phi) is 1.86. The van der Waals surface area contributed by atoms with Crippen LogP contribution in [0.25, 0.3) is 5.82 Å². The Hall–Kier alpha value is -2.37. The Morgan fingerprint density at radius 3 is 3.12 bits per heavy atom. The molecule has 0 bridgehead atoms. The maximum absolute atomic E-state index is 11.1. The van der Waals surface area contributed by atoms with Crippen LogP contribution < -0.4 is 10.6 Å². The Labute approximate surface area is 91.3 Å². The zero-order valence-corrected chi connectivity index (χ0v) is 8.34. The van der Waals surface area contributed by atoms with Gasteiger partial charge in [-0.15, -0.1) is 0 Å². The van der Waals surface area contributed by atoms with E-state index < -0.39 is 0 Å². The van der Waals surface area contributed by atoms with Gasteiger partial charge in [-0.1, -0.05) is 0 Å². The molecule has 0 atom stereocenters. The number of carbonyl (C=O) groups excluding carboxylic acids is 1. The van der Waals surface area contributed by atoms with E-state index >= 15 is 0 Å². The lowest BCUT2D eigenvalue weighted by Crippen LogP contribution is -2.28. The van der Waals surface area contributed by atoms with E-state index in [-0.39, 0.29) is 12.5 Å². The number of nitrogens with zero attached hydrogens (tertiary/aromatic N) is 3. The fourth-order valence-electron chi connectivity index (χ4n) is 1.57. The maximum Gasteiger partial charge on any atom is 0.243 e. The fourth-order valence-corrected chi connectivity index (χ4v) is 1.57. The van der Waals surface area contributed by atoms with Crippen molar-refractivity contribution in [2.45, 2.75) is 0 Å². The molecule has 2 N–H and O–H groups in total. The van der Waals surface area contributed by atoms with Crippen LogP contribution >= 0.6 is 0 Å². The van der Waals surface area contributed by atoms with Crippen LogP contribution in [0.1, 0.15) is 0 Å². The van der Waals surface area contributed by atoms with Gasteiger partial charge in [0.2, 0.25) is 5.91 Å². The predicted molar refractivity (Wildman–Crippen MR) is 58.5 cm³/mol. The van der Waals surface area contributed by atoms with Crippen molar-refractivity contribution >= 4 is 17.4 Å². The quantitative estimate of drug-likeness (QED) is 0.732. The average Bonchev–Trinajstić information content (AvgIpc) is 2.82. The van der Waals surface area contributed by atoms with Crippen LogP contribution in [0.3, 0.4) is 0 Å². The summed E-state index contributed by atoms with van der Waals surface area (Å²) in [4.78, 5) is 15.5. The second-order valence-electron chi connectivity index (χ2n) is 3.42. The molecule has 0 aromatic carbocycles. The van der Waals surface area contributed by atoms with Crippen molar-refractivity contribution in [1.82, 2.24) is 14.8 Å². The summed E-state index contributed by atoms with van der Waals surface area (Å²) >= 11 is 0. The SMILES string of the molecule is O=C1CNc2nc(-n3cccn3)ccc2N1. The van der Waals surface area contributed by atoms with Crippen molar-refractivity contribution < 1.29 is 4.79 Å². The number of nitrogens with one attached hydrogen (secondary N) is 2. The van der Waals surface area contributed by atoms with E-state index in [9.17, 15) is 4.79 Å². The van der Waals surface area contributed by atoms with Crippen molar-refractivity contribution in [1.29, 1.82) is 0 Å². The highest BCUT2D eigenvalue weighted by Gasteiger charge is 2.15. The van der Waals surface area contributed by atoms with E-state index in [1.165, 1.54) is 0 Å². The van der Waals surface area contributed by atoms with Crippen LogP contribution in [-0.2, 0) is 4.79 Å². The molecule has 2 aromatic heterocycles. The van der Waals surface area contributed by atoms with Crippen LogP contribution in [0.2, 0.25) is 0 Å². The van der Waals surface area contributed by atoms with Crippen LogP contribution in [0.4, 0.5) is 11.5 Å². The number of hydrogen-bond donors (Lipinski definition) is 2. The van der Waals surface area contributed by atoms with Crippen molar-refractivity contribution in [3.63, 3.8) is 0 Å². The molecule has 0 radical (unpaired) electrons. The van der Waals surface area contributed by atoms with E-state index in [1.807, 2.05) is 18.3 Å². The summed E-state index contributed by atoms with van der Waals surface area (Å²) in [6.45, 7) is 0.253. The standard InChI is InChI=1S/C10H9N5O/c16-9-6-11-10-7(13-9)2-3-8(14-10)15-5-1-4-12-15/h1-5H,6H2,(H,11,14)(H,13,16). The van der Waals surface area contributed by atoms with E-state index in [4.69, 9.17) is 0 Å². The summed E-state index contributed by atoms with van der Waals surface area (Å²) in [6.07, 6.45) is 3.51. The van der Waals surface area contributed by atoms with E-state index in [0.717, 1.165) is 0 Å². The maximum atomic E-state index is 11.1. The molecule has 1 amide bonds. The summed E-state index contributed by atoms with van der Waals surface area (Å²) in [5.74, 6) is 1.33. The first-order valence-corrected chi connectivity index (χ1v) is 4.88. The molecule has 0 saturated heterocycles. The van der Waals surface area contributed by atoms with Gasteiger partial charge >= 0.3 is 0 Å². The Morgan fingerprint density at radius 2 is 2.31 bits per heavy atom. The van der Waals surface area contributed by atoms with E-state index in [2.05, 4.69) is 20.7 Å². The van der Waals surface area contributed by atoms with Gasteiger partial charge in [-0.05, 0) is 18.2 Å². The molecule has 3 rings (SSSR count). The lowest BCUT2D eigenvalue weighted by molar-refractivity contribution is -0.114. The zero-order chi connectivity index (χ0) is 11.0. The van der Waals surface area contributed by atoms with Crippen molar-refractivity contribution in [3.8, 4) is 5.82 Å². The highest BCUT2D eigenvalue weighted by Crippen LogP contribution is 2.23. The van der Waals surface area contributed by atoms with Gasteiger partial charge in [0.1, 0.15) is 0 Å². The molecule has 6 heteroatoms. The third kappa shape index (κ3) is 1.40. The molecule has 0 unspecified atom stereocenters. The second kappa shape index (κ2) is 3.34. The highest BCUT2D eigenvalue weighted by molar-refractivity contribution is 5.99. The van der Waals surface area contributed by atoms with Gasteiger partial charge < -0.3 is 10.6 Å². The van der Waals surface area contributed by atoms with Crippen LogP contribution in [-0.4, -0.2) is 27.2 Å². The lowest BCUT2D eigenvalue weighted by Gasteiger charge is -2.17. The van der Waals surface area contributed by atoms with Gasteiger partial charge in [-0.3, -0.25) is 4.79 Å². The Balaban J connectivity index is 2.03. The molecular weight excluding hydrogens is 206 g/mol. The predicted octanol–water partition coefficient (Wildman–Crippen LogP) is 0.631. The molecule has 0 fully saturated rings. The van der Waals surface area contributed by atoms with E-state index in [0.29, 0.717) is 17.3 Å². The largest absolute Gasteiger partial charge is 0.359 e. The van der Waals surface area contributed by atoms with Crippen molar-refractivity contribution in [2.24, 2.45) is 0 Å². The monoisotopic (exact) mass is 215 g/mol. The summed E-state index contributed by atoms with van der Waals surface area (Å²) in [5.41, 5.74) is 0.701. The number of fused-ring (bicyclic) bond motifs is 1. The zero-order valence-electron chi connectivity index (χ0n) is 8.34. The molecule has 6 nitrogen and oxygen atoms in total. The second-order valence-corrected chi connectivity index (χ2v) is 3.42. The number of aromatic nitrogens is 3. The Bertz CT molecular complexity index is 534. The molecule has 1 aliphatic heterocycles. The molecule has 2 aromatic rings. The normalized spacial score (nSPS) is 13.9. The van der Waals surface area contributed by atoms with Gasteiger partial charge in [0, 0.05) is 12.4 Å². The number of anilines is 2. The molecular formula is C10H9N5O. The average molecular weight is 215 g/mol. The fraction of sp³-hybridized carbons (Fsp3) is 0.100. The minimum atomic E-state index is -0.0545. The third-order valence-electron chi connectivity index (χ3n) is 2.31. The van der Waals surface area contributed by atoms with Crippen molar-refractivity contribution in [2.75, 3.05) is 17.2 Å². The van der Waals surface area contributed by atoms with Crippen LogP contribution in [0, 0.1) is 0 Å². The molecule has 16 heavy (non-hydrogen) atoms. The molecule has 0 spiro atoms. The number of carbonyl (C=O) groups is 1. The first kappa shape index (κ1) is 8.90. The lowest BCUT2D eigenvalue weighted by atomic mass is 10.3. The first-order chi connectivity index (χ1) is 7.83. The van der Waals surface area contributed by atoms with Gasteiger partial charge in [0.05, 0.1) is 12.2 Å². The number of hydrogen-bond acceptors (Lipinski definition) is 4. The van der Waals surface area contributed by atoms with Gasteiger partial charge in [0.25, 0.3) is 0 Å². The van der Waals surface area contributed by atoms with Gasteiger partial charge in [-0.2, -0.15) is 5.10 Å². The number of pyridine rings is 1. The number of amides is 1. The summed E-state index contributed by atoms with van der Waals surface area (Å²) in [7, 11) is 0. The summed E-state index contributed by atoms with van der Waals surface area (Å²) in [5, 5.41) is 9.78. The molecule has 0 saturated carbocycles. The Morgan fingerprint density at radius 1 is 1.38 bits per heavy atom.